The van der Waals surface area contributed by atoms with Gasteiger partial charge in [-0.1, -0.05) is 91.7 Å². The Labute approximate surface area is 300 Å². The number of pyridine rings is 1. The molecule has 1 heterocycles. The minimum absolute atomic E-state index is 0.145. The van der Waals surface area contributed by atoms with Gasteiger partial charge in [0.1, 0.15) is 18.6 Å². The van der Waals surface area contributed by atoms with Gasteiger partial charge in [-0.2, -0.15) is 0 Å². The van der Waals surface area contributed by atoms with Gasteiger partial charge in [0.15, 0.2) is 0 Å². The van der Waals surface area contributed by atoms with Gasteiger partial charge in [-0.3, -0.25) is 9.69 Å². The van der Waals surface area contributed by atoms with E-state index in [2.05, 4.69) is 22.0 Å². The molecule has 0 bridgehead atoms. The average molecular weight is 710 g/mol. The zero-order valence-corrected chi connectivity index (χ0v) is 29.7. The molecule has 9 nitrogen and oxygen atoms in total. The van der Waals surface area contributed by atoms with Crippen molar-refractivity contribution in [2.75, 3.05) is 19.8 Å². The largest absolute Gasteiger partial charge is 0.487 e. The van der Waals surface area contributed by atoms with Crippen molar-refractivity contribution in [2.45, 2.75) is 69.0 Å². The number of carbonyl (C=O) groups excluding carboxylic acids is 1. The summed E-state index contributed by atoms with van der Waals surface area (Å²) in [5.41, 5.74) is 4.26. The summed E-state index contributed by atoms with van der Waals surface area (Å²) in [7, 11) is -3.69. The number of aromatic amines is 1. The van der Waals surface area contributed by atoms with Gasteiger partial charge in [-0.15, -0.1) is 0 Å². The quantitative estimate of drug-likeness (QED) is 0.0614. The van der Waals surface area contributed by atoms with Gasteiger partial charge < -0.3 is 19.3 Å². The van der Waals surface area contributed by atoms with E-state index in [0.717, 1.165) is 85.4 Å². The predicted molar refractivity (Wildman–Crippen MR) is 201 cm³/mol. The number of aromatic nitrogens is 1. The minimum Gasteiger partial charge on any atom is -0.487 e. The molecule has 0 unspecified atom stereocenters. The van der Waals surface area contributed by atoms with Crippen molar-refractivity contribution in [3.63, 3.8) is 0 Å². The third-order valence-electron chi connectivity index (χ3n) is 8.91. The number of aldehydes is 1. The summed E-state index contributed by atoms with van der Waals surface area (Å²) < 4.78 is 35.2. The number of benzene rings is 4. The van der Waals surface area contributed by atoms with Crippen LogP contribution < -0.4 is 15.4 Å². The summed E-state index contributed by atoms with van der Waals surface area (Å²) in [5, 5.41) is 6.02. The Hall–Kier alpha value is -4.61. The van der Waals surface area contributed by atoms with Gasteiger partial charge in [-0.05, 0) is 85.2 Å². The molecule has 268 valence electrons. The van der Waals surface area contributed by atoms with E-state index >= 15 is 0 Å². The fraction of sp³-hybridized carbons (Fsp3) is 0.317. The molecule has 1 aromatic heterocycles. The van der Waals surface area contributed by atoms with Crippen molar-refractivity contribution in [3.05, 3.63) is 142 Å². The molecule has 5 aromatic rings. The Kier molecular flexibility index (Phi) is 14.1. The Balaban J connectivity index is 1.14. The number of primary sulfonamides is 1. The molecule has 10 heteroatoms. The lowest BCUT2D eigenvalue weighted by Crippen LogP contribution is -2.31. The van der Waals surface area contributed by atoms with Crippen molar-refractivity contribution >= 4 is 27.2 Å². The number of nitrogens with two attached hydrogens (primary N) is 1. The summed E-state index contributed by atoms with van der Waals surface area (Å²) in [6, 6.07) is 33.3. The maximum atomic E-state index is 12.9. The normalized spacial score (nSPS) is 12.3. The van der Waals surface area contributed by atoms with Gasteiger partial charge in [0.2, 0.25) is 15.6 Å². The Morgan fingerprint density at radius 1 is 0.745 bits per heavy atom. The number of fused-ring (bicyclic) bond motifs is 1. The lowest BCUT2D eigenvalue weighted by molar-refractivity contribution is -0.112. The van der Waals surface area contributed by atoms with Crippen molar-refractivity contribution in [3.8, 4) is 5.75 Å². The van der Waals surface area contributed by atoms with E-state index in [1.54, 1.807) is 18.2 Å². The van der Waals surface area contributed by atoms with E-state index < -0.39 is 16.1 Å². The highest BCUT2D eigenvalue weighted by atomic mass is 32.2. The van der Waals surface area contributed by atoms with E-state index in [4.69, 9.17) is 14.6 Å². The number of H-pyrrole nitrogens is 1. The van der Waals surface area contributed by atoms with Crippen LogP contribution in [0.3, 0.4) is 0 Å². The number of sulfonamides is 1. The van der Waals surface area contributed by atoms with Crippen LogP contribution in [0.5, 0.6) is 5.75 Å². The second-order valence-electron chi connectivity index (χ2n) is 12.8. The molecule has 0 saturated heterocycles. The third kappa shape index (κ3) is 11.5. The first-order valence-electron chi connectivity index (χ1n) is 17.6. The second kappa shape index (κ2) is 19.1. The van der Waals surface area contributed by atoms with Gasteiger partial charge in [-0.25, -0.2) is 13.6 Å². The molecular formula is C41H47N3O6S. The molecule has 0 amide bonds. The number of hydrogen-bond donors (Lipinski definition) is 2. The van der Waals surface area contributed by atoms with Crippen LogP contribution in [-0.2, 0) is 39.1 Å². The monoisotopic (exact) mass is 709 g/mol. The Morgan fingerprint density at radius 3 is 2.16 bits per heavy atom. The van der Waals surface area contributed by atoms with E-state index in [1.807, 2.05) is 66.7 Å². The lowest BCUT2D eigenvalue weighted by atomic mass is 9.99. The summed E-state index contributed by atoms with van der Waals surface area (Å²) in [5.74, 6) is 0.562. The highest BCUT2D eigenvalue weighted by Crippen LogP contribution is 2.33. The maximum Gasteiger partial charge on any atom is 0.248 e. The number of rotatable bonds is 21. The molecule has 0 radical (unpaired) electrons. The molecule has 0 aliphatic carbocycles. The van der Waals surface area contributed by atoms with Gasteiger partial charge >= 0.3 is 0 Å². The molecule has 0 saturated carbocycles. The molecule has 0 aliphatic rings. The van der Waals surface area contributed by atoms with E-state index in [9.17, 15) is 18.0 Å². The molecule has 3 N–H and O–H groups in total. The highest BCUT2D eigenvalue weighted by molar-refractivity contribution is 7.89. The summed E-state index contributed by atoms with van der Waals surface area (Å²) in [6.45, 7) is 3.04. The van der Waals surface area contributed by atoms with Gasteiger partial charge in [0, 0.05) is 31.2 Å². The molecular weight excluding hydrogens is 663 g/mol. The highest BCUT2D eigenvalue weighted by Gasteiger charge is 2.23. The van der Waals surface area contributed by atoms with Crippen molar-refractivity contribution in [2.24, 2.45) is 5.14 Å². The van der Waals surface area contributed by atoms with Crippen molar-refractivity contribution in [1.82, 2.24) is 9.88 Å². The molecule has 5 rings (SSSR count). The number of unbranched alkanes of at least 4 members (excludes halogenated alkanes) is 4. The lowest BCUT2D eigenvalue weighted by Gasteiger charge is -2.29. The fourth-order valence-corrected chi connectivity index (χ4v) is 6.82. The Bertz CT molecular complexity index is 2000. The molecule has 0 fully saturated rings. The smallest absolute Gasteiger partial charge is 0.248 e. The molecule has 0 spiro atoms. The van der Waals surface area contributed by atoms with E-state index in [0.29, 0.717) is 37.6 Å². The Morgan fingerprint density at radius 2 is 1.43 bits per heavy atom. The molecule has 1 atom stereocenters. The summed E-state index contributed by atoms with van der Waals surface area (Å²) >= 11 is 0. The van der Waals surface area contributed by atoms with Gasteiger partial charge in [0.25, 0.3) is 0 Å². The summed E-state index contributed by atoms with van der Waals surface area (Å²) in [4.78, 5) is 30.6. The van der Waals surface area contributed by atoms with Crippen LogP contribution in [0.25, 0.3) is 10.9 Å². The average Bonchev–Trinajstić information content (AvgIpc) is 3.14. The first-order chi connectivity index (χ1) is 24.8. The number of nitrogens with zero attached hydrogens (tertiary/aromatic N) is 1. The number of carbonyl (C=O) groups is 1. The molecule has 0 aliphatic heterocycles. The molecule has 4 aromatic carbocycles. The molecule has 51 heavy (non-hydrogen) atoms. The fourth-order valence-electron chi connectivity index (χ4n) is 6.24. The van der Waals surface area contributed by atoms with Crippen molar-refractivity contribution in [1.29, 1.82) is 0 Å². The van der Waals surface area contributed by atoms with E-state index in [1.165, 1.54) is 12.1 Å². The van der Waals surface area contributed by atoms with Crippen LogP contribution in [-0.4, -0.2) is 44.3 Å². The van der Waals surface area contributed by atoms with Gasteiger partial charge in [0.05, 0.1) is 16.5 Å². The number of ether oxygens (including phenoxy) is 2. The van der Waals surface area contributed by atoms with E-state index in [-0.39, 0.29) is 10.5 Å². The van der Waals surface area contributed by atoms with Crippen LogP contribution >= 0.6 is 0 Å². The zero-order chi connectivity index (χ0) is 35.9. The number of hydrogen-bond acceptors (Lipinski definition) is 7. The van der Waals surface area contributed by atoms with Crippen LogP contribution in [0.4, 0.5) is 0 Å². The SMILES string of the molecule is NS(=O)(=O)c1cccc(CCCCOCCCCCCN(Cc2ccccc2)[C@@H](C=O)c2ccc(OCc3ccccc3)c3[nH]c(=O)ccc23)c1. The first kappa shape index (κ1) is 37.6. The maximum absolute atomic E-state index is 12.9. The summed E-state index contributed by atoms with van der Waals surface area (Å²) in [6.07, 6.45) is 7.45. The third-order valence-corrected chi connectivity index (χ3v) is 9.82. The van der Waals surface area contributed by atoms with Crippen LogP contribution in [0, 0.1) is 0 Å². The number of aryl methyl sites for hydroxylation is 1. The zero-order valence-electron chi connectivity index (χ0n) is 28.9. The minimum atomic E-state index is -3.69. The van der Waals surface area contributed by atoms with Crippen LogP contribution in [0.15, 0.2) is 119 Å². The van der Waals surface area contributed by atoms with Crippen LogP contribution in [0.1, 0.15) is 66.8 Å². The number of nitrogens with one attached hydrogen (secondary N) is 1. The second-order valence-corrected chi connectivity index (χ2v) is 14.3. The standard InChI is InChI=1S/C41H47N3O6S/c42-51(47,48)35-20-13-19-32(28-35)14-9-12-27-49-26-11-2-1-10-25-44(29-33-15-5-3-6-16-33)38(30-45)36-21-23-39(41-37(36)22-24-40(46)43-41)50-31-34-17-7-4-8-18-34/h3-8,13,15-24,28,30,38H,1-2,9-12,14,25-27,29,31H2,(H,43,46)(H2,42,47,48)/t38-/m0/s1. The first-order valence-corrected chi connectivity index (χ1v) is 19.1. The predicted octanol–water partition coefficient (Wildman–Crippen LogP) is 7.10. The van der Waals surface area contributed by atoms with Crippen LogP contribution in [0.2, 0.25) is 0 Å². The van der Waals surface area contributed by atoms with Crippen molar-refractivity contribution < 1.29 is 22.7 Å². The topological polar surface area (TPSA) is 132 Å².